The Morgan fingerprint density at radius 1 is 1.07 bits per heavy atom. The molecular formula is C12H10NP. The predicted octanol–water partition coefficient (Wildman–Crippen LogP) is 3.04. The standard InChI is InChI=1S/C12H10NP/c14-9-10-3-1-4-11(7-10)12-5-2-6-13-8-12/h1-9,14H. The Morgan fingerprint density at radius 3 is 2.64 bits per heavy atom. The molecule has 0 unspecified atom stereocenters. The molecule has 0 saturated heterocycles. The van der Waals surface area contributed by atoms with Crippen LogP contribution in [0.3, 0.4) is 0 Å². The number of hydrogen-bond acceptors (Lipinski definition) is 1. The third-order valence-electron chi connectivity index (χ3n) is 2.05. The summed E-state index contributed by atoms with van der Waals surface area (Å²) < 4.78 is 0. The molecule has 2 heteroatoms. The lowest BCUT2D eigenvalue weighted by Gasteiger charge is -2.01. The maximum absolute atomic E-state index is 4.09. The van der Waals surface area contributed by atoms with Crippen LogP contribution in [0.5, 0.6) is 0 Å². The van der Waals surface area contributed by atoms with Crippen molar-refractivity contribution in [3.63, 3.8) is 0 Å². The van der Waals surface area contributed by atoms with Gasteiger partial charge in [-0.25, -0.2) is 0 Å². The van der Waals surface area contributed by atoms with Crippen molar-refractivity contribution in [1.29, 1.82) is 0 Å². The van der Waals surface area contributed by atoms with Crippen molar-refractivity contribution in [2.75, 3.05) is 0 Å². The van der Waals surface area contributed by atoms with Crippen LogP contribution in [0.2, 0.25) is 0 Å². The Morgan fingerprint density at radius 2 is 1.93 bits per heavy atom. The van der Waals surface area contributed by atoms with Gasteiger partial charge in [0.15, 0.2) is 0 Å². The van der Waals surface area contributed by atoms with Gasteiger partial charge < -0.3 is 0 Å². The summed E-state index contributed by atoms with van der Waals surface area (Å²) in [5.41, 5.74) is 3.48. The van der Waals surface area contributed by atoms with Crippen LogP contribution in [0.25, 0.3) is 11.1 Å². The molecule has 2 aromatic rings. The van der Waals surface area contributed by atoms with Crippen molar-refractivity contribution in [2.24, 2.45) is 0 Å². The molecule has 0 N–H and O–H groups in total. The minimum Gasteiger partial charge on any atom is -0.264 e. The topological polar surface area (TPSA) is 12.9 Å². The molecule has 0 fully saturated rings. The lowest BCUT2D eigenvalue weighted by Crippen LogP contribution is -1.82. The highest BCUT2D eigenvalue weighted by atomic mass is 31.0. The molecule has 1 aromatic carbocycles. The molecule has 1 aromatic heterocycles. The Kier molecular flexibility index (Phi) is 2.71. The average Bonchev–Trinajstić information content (AvgIpc) is 2.30. The van der Waals surface area contributed by atoms with E-state index in [1.807, 2.05) is 30.2 Å². The van der Waals surface area contributed by atoms with Gasteiger partial charge in [0.1, 0.15) is 0 Å². The Balaban J connectivity index is 2.47. The molecule has 0 amide bonds. The quantitative estimate of drug-likeness (QED) is 0.677. The van der Waals surface area contributed by atoms with E-state index in [2.05, 4.69) is 32.0 Å². The van der Waals surface area contributed by atoms with E-state index in [4.69, 9.17) is 0 Å². The normalized spacial score (nSPS) is 9.71. The van der Waals surface area contributed by atoms with Crippen LogP contribution in [-0.2, 0) is 0 Å². The van der Waals surface area contributed by atoms with Gasteiger partial charge in [-0.1, -0.05) is 24.3 Å². The van der Waals surface area contributed by atoms with Crippen LogP contribution < -0.4 is 0 Å². The molecule has 0 saturated carbocycles. The summed E-state index contributed by atoms with van der Waals surface area (Å²) in [6.45, 7) is 0. The lowest BCUT2D eigenvalue weighted by atomic mass is 10.1. The second-order valence-corrected chi connectivity index (χ2v) is 3.30. The zero-order chi connectivity index (χ0) is 9.80. The summed E-state index contributed by atoms with van der Waals surface area (Å²) in [5, 5.41) is 0. The molecular weight excluding hydrogens is 189 g/mol. The highest BCUT2D eigenvalue weighted by Crippen LogP contribution is 2.18. The highest BCUT2D eigenvalue weighted by Gasteiger charge is 1.96. The number of nitrogens with zero attached hydrogens (tertiary/aromatic N) is 1. The van der Waals surface area contributed by atoms with Crippen molar-refractivity contribution < 1.29 is 0 Å². The minimum absolute atomic E-state index is 1.14. The number of rotatable bonds is 2. The van der Waals surface area contributed by atoms with Crippen molar-refractivity contribution in [3.05, 3.63) is 54.4 Å². The minimum atomic E-state index is 1.14. The molecule has 2 rings (SSSR count). The van der Waals surface area contributed by atoms with Crippen LogP contribution in [0.1, 0.15) is 5.56 Å². The molecule has 0 aliphatic heterocycles. The SMILES string of the molecule is P=Cc1cccc(-c2cccnc2)c1. The van der Waals surface area contributed by atoms with Crippen LogP contribution >= 0.6 is 8.86 Å². The molecule has 0 aliphatic carbocycles. The Labute approximate surface area is 85.7 Å². The molecule has 14 heavy (non-hydrogen) atoms. The summed E-state index contributed by atoms with van der Waals surface area (Å²) in [5.74, 6) is 1.90. The van der Waals surface area contributed by atoms with E-state index in [1.54, 1.807) is 6.20 Å². The molecule has 0 bridgehead atoms. The van der Waals surface area contributed by atoms with Gasteiger partial charge in [0.05, 0.1) is 0 Å². The number of hydrogen-bond donors (Lipinski definition) is 0. The van der Waals surface area contributed by atoms with E-state index >= 15 is 0 Å². The Bertz CT molecular complexity index is 437. The highest BCUT2D eigenvalue weighted by molar-refractivity contribution is 7.19. The van der Waals surface area contributed by atoms with Gasteiger partial charge in [-0.15, -0.1) is 8.86 Å². The second-order valence-electron chi connectivity index (χ2n) is 3.01. The van der Waals surface area contributed by atoms with Crippen LogP contribution in [0, 0.1) is 0 Å². The van der Waals surface area contributed by atoms with Gasteiger partial charge in [0, 0.05) is 18.0 Å². The smallest absolute Gasteiger partial charge is 0.0346 e. The van der Waals surface area contributed by atoms with E-state index in [0.717, 1.165) is 11.1 Å². The number of pyridine rings is 1. The number of aromatic nitrogens is 1. The lowest BCUT2D eigenvalue weighted by molar-refractivity contribution is 1.33. The molecule has 0 radical (unpaired) electrons. The first-order valence-corrected chi connectivity index (χ1v) is 4.99. The third kappa shape index (κ3) is 1.89. The first-order chi connectivity index (χ1) is 6.90. The molecule has 0 spiro atoms. The zero-order valence-corrected chi connectivity index (χ0v) is 8.64. The van der Waals surface area contributed by atoms with Crippen molar-refractivity contribution in [2.45, 2.75) is 0 Å². The average molecular weight is 199 g/mol. The molecule has 0 atom stereocenters. The van der Waals surface area contributed by atoms with E-state index in [9.17, 15) is 0 Å². The second kappa shape index (κ2) is 4.17. The van der Waals surface area contributed by atoms with Crippen LogP contribution in [0.15, 0.2) is 48.8 Å². The first kappa shape index (κ1) is 9.11. The third-order valence-corrected chi connectivity index (χ3v) is 2.38. The maximum Gasteiger partial charge on any atom is 0.0346 e. The maximum atomic E-state index is 4.09. The van der Waals surface area contributed by atoms with Gasteiger partial charge in [0.25, 0.3) is 0 Å². The summed E-state index contributed by atoms with van der Waals surface area (Å²) in [4.78, 5) is 4.09. The van der Waals surface area contributed by atoms with E-state index in [1.165, 1.54) is 5.56 Å². The van der Waals surface area contributed by atoms with Gasteiger partial charge >= 0.3 is 0 Å². The summed E-state index contributed by atoms with van der Waals surface area (Å²) in [6.07, 6.45) is 3.65. The fourth-order valence-corrected chi connectivity index (χ4v) is 1.52. The largest absolute Gasteiger partial charge is 0.264 e. The first-order valence-electron chi connectivity index (χ1n) is 4.41. The molecule has 0 aliphatic rings. The fraction of sp³-hybridized carbons (Fsp3) is 0. The van der Waals surface area contributed by atoms with E-state index in [-0.39, 0.29) is 0 Å². The number of benzene rings is 1. The van der Waals surface area contributed by atoms with Crippen LogP contribution in [-0.4, -0.2) is 10.8 Å². The summed E-state index contributed by atoms with van der Waals surface area (Å²) in [6, 6.07) is 12.3. The van der Waals surface area contributed by atoms with Gasteiger partial charge in [-0.2, -0.15) is 0 Å². The van der Waals surface area contributed by atoms with E-state index in [0.29, 0.717) is 0 Å². The molecule has 68 valence electrons. The molecule has 1 nitrogen and oxygen atoms in total. The van der Waals surface area contributed by atoms with Gasteiger partial charge in [0.2, 0.25) is 0 Å². The fourth-order valence-electron chi connectivity index (χ4n) is 1.34. The Hall–Kier alpha value is -1.46. The van der Waals surface area contributed by atoms with Crippen molar-refractivity contribution >= 4 is 14.7 Å². The van der Waals surface area contributed by atoms with Crippen molar-refractivity contribution in [1.82, 2.24) is 4.98 Å². The van der Waals surface area contributed by atoms with Gasteiger partial charge in [-0.3, -0.25) is 4.98 Å². The monoisotopic (exact) mass is 199 g/mol. The summed E-state index contributed by atoms with van der Waals surface area (Å²) >= 11 is 0. The van der Waals surface area contributed by atoms with Gasteiger partial charge in [-0.05, 0) is 29.1 Å². The van der Waals surface area contributed by atoms with Crippen LogP contribution in [0.4, 0.5) is 0 Å². The predicted molar refractivity (Wildman–Crippen MR) is 63.2 cm³/mol. The summed E-state index contributed by atoms with van der Waals surface area (Å²) in [7, 11) is 3.37. The van der Waals surface area contributed by atoms with E-state index < -0.39 is 0 Å². The molecule has 1 heterocycles. The van der Waals surface area contributed by atoms with Crippen molar-refractivity contribution in [3.8, 4) is 11.1 Å². The zero-order valence-electron chi connectivity index (χ0n) is 7.64.